The predicted octanol–water partition coefficient (Wildman–Crippen LogP) is 3.71. The Hall–Kier alpha value is -0.0800. The average Bonchev–Trinajstić information content (AvgIpc) is 2.26. The van der Waals surface area contributed by atoms with Gasteiger partial charge >= 0.3 is 0 Å². The number of unbranched alkanes of at least 4 members (excludes halogenated alkanes) is 6. The van der Waals surface area contributed by atoms with Crippen LogP contribution in [-0.4, -0.2) is 19.8 Å². The van der Waals surface area contributed by atoms with Gasteiger partial charge in [0.05, 0.1) is 0 Å². The van der Waals surface area contributed by atoms with E-state index in [-0.39, 0.29) is 0 Å². The van der Waals surface area contributed by atoms with Gasteiger partial charge in [0.25, 0.3) is 0 Å². The highest BCUT2D eigenvalue weighted by Gasteiger charge is 1.92. The van der Waals surface area contributed by atoms with Gasteiger partial charge in [0, 0.05) is 19.8 Å². The summed E-state index contributed by atoms with van der Waals surface area (Å²) in [5.41, 5.74) is 0. The summed E-state index contributed by atoms with van der Waals surface area (Å²) in [6.07, 6.45) is 10.1. The average molecular weight is 213 g/mol. The van der Waals surface area contributed by atoms with Crippen LogP contribution in [0.2, 0.25) is 0 Å². The molecule has 0 heterocycles. The fourth-order valence-electron chi connectivity index (χ4n) is 1.50. The zero-order valence-corrected chi connectivity index (χ0v) is 10.1. The predicted molar refractivity (Wildman–Crippen MR) is 62.6 cm³/mol. The molecule has 0 aliphatic carbocycles. The molecule has 0 aromatic carbocycles. The highest BCUT2D eigenvalue weighted by molar-refractivity contribution is 4.44. The zero-order valence-electron chi connectivity index (χ0n) is 10.1. The molecule has 0 atom stereocenters. The van der Waals surface area contributed by atoms with Crippen LogP contribution < -0.4 is 0 Å². The number of hydrogen-bond donors (Lipinski definition) is 0. The first kappa shape index (κ1) is 14.9. The molecule has 0 aliphatic heterocycles. The lowest BCUT2D eigenvalue weighted by molar-refractivity contribution is 0.107. The molecule has 0 unspecified atom stereocenters. The Balaban J connectivity index is 2.81. The maximum absolute atomic E-state index is 6.47. The highest BCUT2D eigenvalue weighted by atomic mass is 16.5. The lowest BCUT2D eigenvalue weighted by Crippen LogP contribution is -1.99. The molecule has 0 rings (SSSR count). The van der Waals surface area contributed by atoms with E-state index in [9.17, 15) is 0 Å². The highest BCUT2D eigenvalue weighted by Crippen LogP contribution is 2.06. The van der Waals surface area contributed by atoms with Crippen molar-refractivity contribution in [2.24, 2.45) is 0 Å². The summed E-state index contributed by atoms with van der Waals surface area (Å²) in [4.78, 5) is 0. The standard InChI is InChI=1S/C13H25O2/c1-3-4-5-6-7-8-9-12-15-13-10-11-14-2/h3-13H2,1H3. The molecule has 0 spiro atoms. The molecule has 0 N–H and O–H groups in total. The van der Waals surface area contributed by atoms with E-state index in [0.717, 1.165) is 19.6 Å². The number of rotatable bonds is 12. The number of ether oxygens (including phenoxy) is 2. The molecule has 89 valence electrons. The Labute approximate surface area is 95.3 Å². The summed E-state index contributed by atoms with van der Waals surface area (Å²) >= 11 is 0. The minimum absolute atomic E-state index is 0.483. The van der Waals surface area contributed by atoms with Gasteiger partial charge in [-0.2, -0.15) is 0 Å². The van der Waals surface area contributed by atoms with Gasteiger partial charge in [-0.1, -0.05) is 45.4 Å². The van der Waals surface area contributed by atoms with Crippen molar-refractivity contribution in [3.05, 3.63) is 7.11 Å². The lowest BCUT2D eigenvalue weighted by Gasteiger charge is -2.03. The Bertz CT molecular complexity index is 92.7. The Morgan fingerprint density at radius 3 is 2.00 bits per heavy atom. The van der Waals surface area contributed by atoms with Crippen LogP contribution in [0.25, 0.3) is 0 Å². The van der Waals surface area contributed by atoms with Crippen molar-refractivity contribution in [1.82, 2.24) is 0 Å². The van der Waals surface area contributed by atoms with Crippen LogP contribution >= 0.6 is 0 Å². The van der Waals surface area contributed by atoms with E-state index in [1.807, 2.05) is 0 Å². The molecule has 15 heavy (non-hydrogen) atoms. The van der Waals surface area contributed by atoms with Crippen molar-refractivity contribution >= 4 is 0 Å². The first-order valence-electron chi connectivity index (χ1n) is 6.28. The van der Waals surface area contributed by atoms with E-state index < -0.39 is 0 Å². The summed E-state index contributed by atoms with van der Waals surface area (Å²) in [7, 11) is 6.47. The van der Waals surface area contributed by atoms with Gasteiger partial charge in [0.1, 0.15) is 0 Å². The molecule has 2 heteroatoms. The monoisotopic (exact) mass is 213 g/mol. The summed E-state index contributed by atoms with van der Waals surface area (Å²) in [5.74, 6) is 0. The van der Waals surface area contributed by atoms with E-state index in [1.54, 1.807) is 0 Å². The number of hydrogen-bond acceptors (Lipinski definition) is 2. The van der Waals surface area contributed by atoms with Gasteiger partial charge in [0.2, 0.25) is 0 Å². The Morgan fingerprint density at radius 1 is 0.733 bits per heavy atom. The maximum Gasteiger partial charge on any atom is 0.173 e. The van der Waals surface area contributed by atoms with Crippen LogP contribution in [0.4, 0.5) is 0 Å². The van der Waals surface area contributed by atoms with Crippen molar-refractivity contribution in [3.63, 3.8) is 0 Å². The van der Waals surface area contributed by atoms with Crippen LogP contribution in [0.3, 0.4) is 0 Å². The SMILES string of the molecule is [C]OCCCOCCCCCCCCC. The van der Waals surface area contributed by atoms with Gasteiger partial charge in [-0.3, -0.25) is 0 Å². The van der Waals surface area contributed by atoms with Crippen LogP contribution in [0.15, 0.2) is 0 Å². The van der Waals surface area contributed by atoms with Gasteiger partial charge in [-0.15, -0.1) is 0 Å². The third kappa shape index (κ3) is 13.9. The van der Waals surface area contributed by atoms with Crippen molar-refractivity contribution in [3.8, 4) is 0 Å². The zero-order chi connectivity index (χ0) is 11.2. The topological polar surface area (TPSA) is 18.5 Å². The normalized spacial score (nSPS) is 10.8. The molecular weight excluding hydrogens is 188 g/mol. The summed E-state index contributed by atoms with van der Waals surface area (Å²) in [6, 6.07) is 0. The molecule has 0 bridgehead atoms. The molecule has 0 fully saturated rings. The van der Waals surface area contributed by atoms with Crippen molar-refractivity contribution < 1.29 is 9.47 Å². The Kier molecular flexibility index (Phi) is 13.8. The molecule has 0 aromatic rings. The van der Waals surface area contributed by atoms with E-state index in [4.69, 9.17) is 11.8 Å². The van der Waals surface area contributed by atoms with Crippen LogP contribution in [-0.2, 0) is 9.47 Å². The fraction of sp³-hybridized carbons (Fsp3) is 0.923. The molecule has 0 saturated carbocycles. The van der Waals surface area contributed by atoms with Gasteiger partial charge < -0.3 is 9.47 Å². The van der Waals surface area contributed by atoms with E-state index in [2.05, 4.69) is 11.7 Å². The van der Waals surface area contributed by atoms with Crippen LogP contribution in [0.5, 0.6) is 0 Å². The summed E-state index contributed by atoms with van der Waals surface area (Å²) < 4.78 is 9.59. The minimum atomic E-state index is 0.483. The third-order valence-electron chi connectivity index (χ3n) is 2.43. The molecular formula is C13H25O2. The van der Waals surface area contributed by atoms with Crippen LogP contribution in [0, 0.1) is 7.11 Å². The van der Waals surface area contributed by atoms with Crippen molar-refractivity contribution in [1.29, 1.82) is 0 Å². The third-order valence-corrected chi connectivity index (χ3v) is 2.43. The van der Waals surface area contributed by atoms with Gasteiger partial charge in [-0.25, -0.2) is 0 Å². The second kappa shape index (κ2) is 13.9. The second-order valence-corrected chi connectivity index (χ2v) is 3.94. The van der Waals surface area contributed by atoms with Gasteiger partial charge in [-0.05, 0) is 12.8 Å². The smallest absolute Gasteiger partial charge is 0.173 e. The molecule has 3 radical (unpaired) electrons. The van der Waals surface area contributed by atoms with Gasteiger partial charge in [0.15, 0.2) is 7.11 Å². The van der Waals surface area contributed by atoms with Crippen LogP contribution in [0.1, 0.15) is 58.3 Å². The molecule has 0 saturated heterocycles. The second-order valence-electron chi connectivity index (χ2n) is 3.94. The first-order valence-corrected chi connectivity index (χ1v) is 6.28. The summed E-state index contributed by atoms with van der Waals surface area (Å²) in [6.45, 7) is 4.33. The van der Waals surface area contributed by atoms with Crippen molar-refractivity contribution in [2.75, 3.05) is 19.8 Å². The van der Waals surface area contributed by atoms with E-state index in [0.29, 0.717) is 6.61 Å². The van der Waals surface area contributed by atoms with E-state index >= 15 is 0 Å². The molecule has 0 aromatic heterocycles. The largest absolute Gasteiger partial charge is 0.381 e. The molecule has 2 nitrogen and oxygen atoms in total. The minimum Gasteiger partial charge on any atom is -0.381 e. The molecule has 0 aliphatic rings. The first-order chi connectivity index (χ1) is 7.41. The van der Waals surface area contributed by atoms with E-state index in [1.165, 1.54) is 44.9 Å². The summed E-state index contributed by atoms with van der Waals surface area (Å²) in [5, 5.41) is 0. The van der Waals surface area contributed by atoms with Crippen molar-refractivity contribution in [2.45, 2.75) is 58.3 Å². The molecule has 0 amide bonds. The lowest BCUT2D eigenvalue weighted by atomic mass is 10.1. The quantitative estimate of drug-likeness (QED) is 0.460. The maximum atomic E-state index is 6.47. The fourth-order valence-corrected chi connectivity index (χ4v) is 1.50. The Morgan fingerprint density at radius 2 is 1.33 bits per heavy atom.